The van der Waals surface area contributed by atoms with E-state index in [1.807, 2.05) is 17.5 Å². The number of hydrogen-bond donors (Lipinski definition) is 0. The predicted molar refractivity (Wildman–Crippen MR) is 59.3 cm³/mol. The lowest BCUT2D eigenvalue weighted by Gasteiger charge is -2.08. The van der Waals surface area contributed by atoms with E-state index in [1.54, 1.807) is 12.1 Å². The molecular formula is C10H7BrOS. The van der Waals surface area contributed by atoms with E-state index in [9.17, 15) is 4.79 Å². The number of allylic oxidation sites excluding steroid dienone is 1. The third-order valence-electron chi connectivity index (χ3n) is 1.84. The van der Waals surface area contributed by atoms with Crippen LogP contribution < -0.4 is 5.43 Å². The number of fused-ring (bicyclic) bond motifs is 1. The number of rotatable bonds is 0. The molecule has 1 aromatic rings. The van der Waals surface area contributed by atoms with Gasteiger partial charge < -0.3 is 0 Å². The lowest BCUT2D eigenvalue weighted by atomic mass is 10.2. The van der Waals surface area contributed by atoms with Gasteiger partial charge in [-0.25, -0.2) is 0 Å². The predicted octanol–water partition coefficient (Wildman–Crippen LogP) is 2.93. The summed E-state index contributed by atoms with van der Waals surface area (Å²) in [7, 11) is 0. The highest BCUT2D eigenvalue weighted by molar-refractivity contribution is 9.11. The maximum Gasteiger partial charge on any atom is 0.192 e. The van der Waals surface area contributed by atoms with Crippen molar-refractivity contribution in [1.29, 1.82) is 0 Å². The lowest BCUT2D eigenvalue weighted by Crippen LogP contribution is -2.03. The topological polar surface area (TPSA) is 17.1 Å². The smallest absolute Gasteiger partial charge is 0.192 e. The Morgan fingerprint density at radius 3 is 2.92 bits per heavy atom. The molecule has 0 fully saturated rings. The molecule has 0 saturated carbocycles. The van der Waals surface area contributed by atoms with Crippen LogP contribution in [-0.4, -0.2) is 0 Å². The van der Waals surface area contributed by atoms with E-state index in [0.717, 1.165) is 21.4 Å². The Morgan fingerprint density at radius 1 is 1.31 bits per heavy atom. The average Bonchev–Trinajstić information content (AvgIpc) is 2.28. The third kappa shape index (κ3) is 1.86. The van der Waals surface area contributed by atoms with Gasteiger partial charge in [-0.15, -0.1) is 0 Å². The van der Waals surface area contributed by atoms with E-state index < -0.39 is 0 Å². The van der Waals surface area contributed by atoms with Gasteiger partial charge in [0.2, 0.25) is 0 Å². The maximum atomic E-state index is 11.5. The first-order valence-electron chi connectivity index (χ1n) is 3.91. The standard InChI is InChI=1S/C10H7BrOS/c11-8-5-7-3-1-2-4-9(12)10(7)13-6-8/h1-4,6H,5H2. The average molecular weight is 255 g/mol. The quantitative estimate of drug-likeness (QED) is 0.709. The molecule has 66 valence electrons. The summed E-state index contributed by atoms with van der Waals surface area (Å²) >= 11 is 4.93. The second kappa shape index (κ2) is 3.68. The first kappa shape index (κ1) is 9.03. The Labute approximate surface area is 89.0 Å². The molecule has 0 radical (unpaired) electrons. The van der Waals surface area contributed by atoms with Crippen molar-refractivity contribution in [2.75, 3.05) is 0 Å². The van der Waals surface area contributed by atoms with Crippen LogP contribution in [0.1, 0.15) is 5.56 Å². The minimum atomic E-state index is 0.112. The minimum absolute atomic E-state index is 0.112. The molecule has 2 rings (SSSR count). The second-order valence-corrected chi connectivity index (χ2v) is 4.69. The number of hydrogen-bond acceptors (Lipinski definition) is 2. The van der Waals surface area contributed by atoms with Gasteiger partial charge in [0.05, 0.1) is 4.90 Å². The lowest BCUT2D eigenvalue weighted by molar-refractivity contribution is 1.15. The van der Waals surface area contributed by atoms with Gasteiger partial charge in [0.25, 0.3) is 0 Å². The summed E-state index contributed by atoms with van der Waals surface area (Å²) in [6.45, 7) is 0. The second-order valence-electron chi connectivity index (χ2n) is 2.80. The molecule has 0 spiro atoms. The van der Waals surface area contributed by atoms with Crippen LogP contribution in [0.5, 0.6) is 0 Å². The molecule has 1 heterocycles. The molecule has 0 saturated heterocycles. The van der Waals surface area contributed by atoms with Gasteiger partial charge in [0.15, 0.2) is 5.43 Å². The van der Waals surface area contributed by atoms with Crippen LogP contribution in [-0.2, 0) is 6.42 Å². The van der Waals surface area contributed by atoms with Crippen molar-refractivity contribution in [2.24, 2.45) is 0 Å². The van der Waals surface area contributed by atoms with Crippen LogP contribution in [0, 0.1) is 0 Å². The fourth-order valence-corrected chi connectivity index (χ4v) is 2.63. The summed E-state index contributed by atoms with van der Waals surface area (Å²) in [5.41, 5.74) is 1.22. The fraction of sp³-hybridized carbons (Fsp3) is 0.100. The van der Waals surface area contributed by atoms with E-state index >= 15 is 0 Å². The van der Waals surface area contributed by atoms with Crippen LogP contribution in [0.3, 0.4) is 0 Å². The SMILES string of the molecule is O=c1ccccc2c1SC=C(Br)C2. The summed E-state index contributed by atoms with van der Waals surface area (Å²) in [6, 6.07) is 7.30. The van der Waals surface area contributed by atoms with Gasteiger partial charge in [-0.3, -0.25) is 4.79 Å². The highest BCUT2D eigenvalue weighted by Crippen LogP contribution is 2.31. The molecule has 13 heavy (non-hydrogen) atoms. The highest BCUT2D eigenvalue weighted by Gasteiger charge is 2.10. The molecule has 0 N–H and O–H groups in total. The van der Waals surface area contributed by atoms with Crippen LogP contribution in [0.15, 0.2) is 43.8 Å². The Morgan fingerprint density at radius 2 is 2.08 bits per heavy atom. The van der Waals surface area contributed by atoms with E-state index in [2.05, 4.69) is 15.9 Å². The zero-order valence-electron chi connectivity index (χ0n) is 6.79. The van der Waals surface area contributed by atoms with Gasteiger partial charge in [-0.05, 0) is 17.0 Å². The summed E-state index contributed by atoms with van der Waals surface area (Å²) < 4.78 is 1.13. The molecule has 0 bridgehead atoms. The Balaban J connectivity index is 2.63. The molecule has 0 atom stereocenters. The van der Waals surface area contributed by atoms with Crippen LogP contribution >= 0.6 is 27.7 Å². The molecule has 1 aromatic carbocycles. The first-order valence-corrected chi connectivity index (χ1v) is 5.58. The first-order chi connectivity index (χ1) is 6.27. The summed E-state index contributed by atoms with van der Waals surface area (Å²) in [4.78, 5) is 12.4. The molecule has 0 unspecified atom stereocenters. The Bertz CT molecular complexity index is 426. The normalized spacial score (nSPS) is 14.7. The van der Waals surface area contributed by atoms with Gasteiger partial charge in [-0.1, -0.05) is 45.9 Å². The maximum absolute atomic E-state index is 11.5. The summed E-state index contributed by atoms with van der Waals surface area (Å²) in [6.07, 6.45) is 0.826. The van der Waals surface area contributed by atoms with Crippen molar-refractivity contribution in [2.45, 2.75) is 11.3 Å². The number of thioether (sulfide) groups is 1. The van der Waals surface area contributed by atoms with Crippen LogP contribution in [0.25, 0.3) is 0 Å². The van der Waals surface area contributed by atoms with Crippen molar-refractivity contribution in [3.63, 3.8) is 0 Å². The summed E-state index contributed by atoms with van der Waals surface area (Å²) in [5, 5.41) is 1.98. The van der Waals surface area contributed by atoms with Crippen LogP contribution in [0.4, 0.5) is 0 Å². The van der Waals surface area contributed by atoms with Crippen molar-refractivity contribution >= 4 is 27.7 Å². The zero-order valence-corrected chi connectivity index (χ0v) is 9.19. The van der Waals surface area contributed by atoms with E-state index in [1.165, 1.54) is 11.8 Å². The van der Waals surface area contributed by atoms with Crippen molar-refractivity contribution in [1.82, 2.24) is 0 Å². The van der Waals surface area contributed by atoms with E-state index in [4.69, 9.17) is 0 Å². The van der Waals surface area contributed by atoms with Crippen LogP contribution in [0.2, 0.25) is 0 Å². The largest absolute Gasteiger partial charge is 0.289 e. The summed E-state index contributed by atoms with van der Waals surface area (Å²) in [5.74, 6) is 0. The van der Waals surface area contributed by atoms with Gasteiger partial charge in [0.1, 0.15) is 0 Å². The minimum Gasteiger partial charge on any atom is -0.289 e. The van der Waals surface area contributed by atoms with Crippen molar-refractivity contribution in [3.8, 4) is 0 Å². The molecule has 3 heteroatoms. The molecular weight excluding hydrogens is 248 g/mol. The highest BCUT2D eigenvalue weighted by atomic mass is 79.9. The molecule has 0 aromatic heterocycles. The molecule has 1 aliphatic rings. The molecule has 0 aliphatic carbocycles. The van der Waals surface area contributed by atoms with Crippen molar-refractivity contribution < 1.29 is 0 Å². The third-order valence-corrected chi connectivity index (χ3v) is 3.75. The van der Waals surface area contributed by atoms with E-state index in [-0.39, 0.29) is 5.43 Å². The Kier molecular flexibility index (Phi) is 2.56. The monoisotopic (exact) mass is 254 g/mol. The van der Waals surface area contributed by atoms with E-state index in [0.29, 0.717) is 0 Å². The molecule has 1 nitrogen and oxygen atoms in total. The van der Waals surface area contributed by atoms with Gasteiger partial charge >= 0.3 is 0 Å². The fourth-order valence-electron chi connectivity index (χ4n) is 1.24. The molecule has 0 amide bonds. The molecule has 1 aliphatic heterocycles. The Hall–Kier alpha value is -0.540. The zero-order chi connectivity index (χ0) is 9.26. The van der Waals surface area contributed by atoms with Crippen molar-refractivity contribution in [3.05, 3.63) is 49.9 Å². The van der Waals surface area contributed by atoms with Gasteiger partial charge in [0, 0.05) is 10.9 Å². The number of halogens is 1. The van der Waals surface area contributed by atoms with Gasteiger partial charge in [-0.2, -0.15) is 0 Å².